The van der Waals surface area contributed by atoms with Crippen LogP contribution in [-0.2, 0) is 4.79 Å². The van der Waals surface area contributed by atoms with E-state index >= 15 is 0 Å². The van der Waals surface area contributed by atoms with Crippen LogP contribution >= 0.6 is 0 Å². The van der Waals surface area contributed by atoms with Crippen LogP contribution in [0.15, 0.2) is 0 Å². The molecule has 0 amide bonds. The normalized spacial score (nSPS) is 21.2. The molecule has 0 aromatic rings. The molecule has 2 nitrogen and oxygen atoms in total. The number of carbonyl (C=O) groups excluding carboxylic acids is 1. The fourth-order valence-corrected chi connectivity index (χ4v) is 1.35. The van der Waals surface area contributed by atoms with Crippen molar-refractivity contribution >= 4 is 5.78 Å². The SMILES string of the molecule is CC(C)C(=O)C1CN(C)C1. The van der Waals surface area contributed by atoms with Gasteiger partial charge < -0.3 is 4.90 Å². The molecule has 2 heteroatoms. The molecule has 0 aromatic heterocycles. The zero-order chi connectivity index (χ0) is 7.72. The first kappa shape index (κ1) is 7.73. The lowest BCUT2D eigenvalue weighted by molar-refractivity contribution is -0.130. The second-order valence-electron chi connectivity index (χ2n) is 3.48. The summed E-state index contributed by atoms with van der Waals surface area (Å²) in [6, 6.07) is 0. The van der Waals surface area contributed by atoms with Crippen LogP contribution in [0.2, 0.25) is 0 Å². The molecule has 0 aromatic carbocycles. The summed E-state index contributed by atoms with van der Waals surface area (Å²) in [7, 11) is 2.05. The predicted octanol–water partition coefficient (Wildman–Crippen LogP) is 0.773. The second-order valence-corrected chi connectivity index (χ2v) is 3.48. The van der Waals surface area contributed by atoms with Crippen LogP contribution in [0.3, 0.4) is 0 Å². The first-order chi connectivity index (χ1) is 4.61. The lowest BCUT2D eigenvalue weighted by atomic mass is 9.89. The van der Waals surface area contributed by atoms with Gasteiger partial charge in [-0.3, -0.25) is 4.79 Å². The van der Waals surface area contributed by atoms with Gasteiger partial charge >= 0.3 is 0 Å². The first-order valence-corrected chi connectivity index (χ1v) is 3.83. The van der Waals surface area contributed by atoms with E-state index in [0.29, 0.717) is 11.7 Å². The fourth-order valence-electron chi connectivity index (χ4n) is 1.35. The Morgan fingerprint density at radius 3 is 2.30 bits per heavy atom. The van der Waals surface area contributed by atoms with Gasteiger partial charge in [-0.1, -0.05) is 13.8 Å². The number of carbonyl (C=O) groups is 1. The Balaban J connectivity index is 2.31. The summed E-state index contributed by atoms with van der Waals surface area (Å²) in [6.07, 6.45) is 0. The van der Waals surface area contributed by atoms with Crippen molar-refractivity contribution in [3.8, 4) is 0 Å². The third-order valence-corrected chi connectivity index (χ3v) is 2.04. The van der Waals surface area contributed by atoms with Gasteiger partial charge in [0.2, 0.25) is 0 Å². The maximum absolute atomic E-state index is 11.2. The molecule has 1 rings (SSSR count). The molecule has 0 aliphatic carbocycles. The lowest BCUT2D eigenvalue weighted by Gasteiger charge is -2.35. The van der Waals surface area contributed by atoms with Gasteiger partial charge in [0.05, 0.1) is 0 Å². The maximum Gasteiger partial charge on any atom is 0.141 e. The van der Waals surface area contributed by atoms with Crippen molar-refractivity contribution in [1.29, 1.82) is 0 Å². The largest absolute Gasteiger partial charge is 0.305 e. The van der Waals surface area contributed by atoms with Gasteiger partial charge in [-0.15, -0.1) is 0 Å². The first-order valence-electron chi connectivity index (χ1n) is 3.83. The summed E-state index contributed by atoms with van der Waals surface area (Å²) in [5.41, 5.74) is 0. The number of likely N-dealkylation sites (tertiary alicyclic amines) is 1. The quantitative estimate of drug-likeness (QED) is 0.566. The highest BCUT2D eigenvalue weighted by Crippen LogP contribution is 2.17. The molecule has 1 aliphatic rings. The number of rotatable bonds is 2. The molecule has 58 valence electrons. The van der Waals surface area contributed by atoms with Gasteiger partial charge in [-0.05, 0) is 7.05 Å². The minimum Gasteiger partial charge on any atom is -0.305 e. The van der Waals surface area contributed by atoms with Crippen LogP contribution in [0.25, 0.3) is 0 Å². The summed E-state index contributed by atoms with van der Waals surface area (Å²) >= 11 is 0. The van der Waals surface area contributed by atoms with E-state index in [1.165, 1.54) is 0 Å². The van der Waals surface area contributed by atoms with Gasteiger partial charge in [-0.2, -0.15) is 0 Å². The third kappa shape index (κ3) is 1.37. The van der Waals surface area contributed by atoms with Crippen LogP contribution in [0, 0.1) is 11.8 Å². The van der Waals surface area contributed by atoms with E-state index in [0.717, 1.165) is 13.1 Å². The lowest BCUT2D eigenvalue weighted by Crippen LogP contribution is -2.48. The number of nitrogens with zero attached hydrogens (tertiary/aromatic N) is 1. The number of hydrogen-bond donors (Lipinski definition) is 0. The number of hydrogen-bond acceptors (Lipinski definition) is 2. The van der Waals surface area contributed by atoms with Crippen molar-refractivity contribution in [2.24, 2.45) is 11.8 Å². The van der Waals surface area contributed by atoms with Crippen molar-refractivity contribution in [1.82, 2.24) is 4.90 Å². The zero-order valence-electron chi connectivity index (χ0n) is 6.92. The van der Waals surface area contributed by atoms with Gasteiger partial charge in [0.25, 0.3) is 0 Å². The molecule has 1 aliphatic heterocycles. The van der Waals surface area contributed by atoms with Crippen LogP contribution < -0.4 is 0 Å². The number of Topliss-reactive ketones (excluding diaryl/α,β-unsaturated/α-hetero) is 1. The molecular formula is C8H15NO. The van der Waals surface area contributed by atoms with Crippen molar-refractivity contribution < 1.29 is 4.79 Å². The van der Waals surface area contributed by atoms with E-state index in [2.05, 4.69) is 4.90 Å². The molecule has 0 saturated carbocycles. The summed E-state index contributed by atoms with van der Waals surface area (Å²) < 4.78 is 0. The molecule has 0 radical (unpaired) electrons. The molecule has 0 N–H and O–H groups in total. The molecule has 0 atom stereocenters. The van der Waals surface area contributed by atoms with Gasteiger partial charge in [-0.25, -0.2) is 0 Å². The molecular weight excluding hydrogens is 126 g/mol. The minimum atomic E-state index is 0.221. The number of ketones is 1. The minimum absolute atomic E-state index is 0.221. The zero-order valence-corrected chi connectivity index (χ0v) is 6.92. The van der Waals surface area contributed by atoms with Crippen molar-refractivity contribution in [2.75, 3.05) is 20.1 Å². The molecule has 1 fully saturated rings. The maximum atomic E-state index is 11.2. The monoisotopic (exact) mass is 141 g/mol. The van der Waals surface area contributed by atoms with E-state index in [1.807, 2.05) is 20.9 Å². The Hall–Kier alpha value is -0.370. The average Bonchev–Trinajstić information content (AvgIpc) is 1.79. The predicted molar refractivity (Wildman–Crippen MR) is 40.8 cm³/mol. The van der Waals surface area contributed by atoms with Gasteiger partial charge in [0.15, 0.2) is 0 Å². The van der Waals surface area contributed by atoms with Crippen LogP contribution in [0.4, 0.5) is 0 Å². The molecule has 0 unspecified atom stereocenters. The Kier molecular flexibility index (Phi) is 2.09. The Bertz CT molecular complexity index is 136. The molecule has 1 saturated heterocycles. The van der Waals surface area contributed by atoms with Gasteiger partial charge in [0.1, 0.15) is 5.78 Å². The second kappa shape index (κ2) is 2.70. The van der Waals surface area contributed by atoms with Crippen LogP contribution in [0.5, 0.6) is 0 Å². The molecule has 0 spiro atoms. The highest BCUT2D eigenvalue weighted by molar-refractivity contribution is 5.83. The summed E-state index contributed by atoms with van der Waals surface area (Å²) in [5, 5.41) is 0. The topological polar surface area (TPSA) is 20.3 Å². The molecule has 0 bridgehead atoms. The van der Waals surface area contributed by atoms with Gasteiger partial charge in [0, 0.05) is 24.9 Å². The Morgan fingerprint density at radius 1 is 1.50 bits per heavy atom. The van der Waals surface area contributed by atoms with Crippen LogP contribution in [0.1, 0.15) is 13.8 Å². The van der Waals surface area contributed by atoms with E-state index in [4.69, 9.17) is 0 Å². The highest BCUT2D eigenvalue weighted by Gasteiger charge is 2.30. The summed E-state index contributed by atoms with van der Waals surface area (Å²) in [5.74, 6) is 0.988. The smallest absolute Gasteiger partial charge is 0.141 e. The highest BCUT2D eigenvalue weighted by atomic mass is 16.1. The van der Waals surface area contributed by atoms with E-state index in [9.17, 15) is 4.79 Å². The van der Waals surface area contributed by atoms with E-state index < -0.39 is 0 Å². The Labute approximate surface area is 62.2 Å². The third-order valence-electron chi connectivity index (χ3n) is 2.04. The standard InChI is InChI=1S/C8H15NO/c1-6(2)8(10)7-4-9(3)5-7/h6-7H,4-5H2,1-3H3. The van der Waals surface area contributed by atoms with Crippen LogP contribution in [-0.4, -0.2) is 30.8 Å². The van der Waals surface area contributed by atoms with E-state index in [-0.39, 0.29) is 5.92 Å². The molecule has 10 heavy (non-hydrogen) atoms. The molecule has 1 heterocycles. The fraction of sp³-hybridized carbons (Fsp3) is 0.875. The van der Waals surface area contributed by atoms with E-state index in [1.54, 1.807) is 0 Å². The van der Waals surface area contributed by atoms with Crippen molar-refractivity contribution in [3.63, 3.8) is 0 Å². The van der Waals surface area contributed by atoms with Crippen molar-refractivity contribution in [2.45, 2.75) is 13.8 Å². The Morgan fingerprint density at radius 2 is 2.00 bits per heavy atom. The summed E-state index contributed by atoms with van der Waals surface area (Å²) in [6.45, 7) is 5.88. The van der Waals surface area contributed by atoms with Crippen molar-refractivity contribution in [3.05, 3.63) is 0 Å². The summed E-state index contributed by atoms with van der Waals surface area (Å²) in [4.78, 5) is 13.4. The average molecular weight is 141 g/mol.